The van der Waals surface area contributed by atoms with Gasteiger partial charge in [0.25, 0.3) is 5.91 Å². The molecule has 0 bridgehead atoms. The van der Waals surface area contributed by atoms with E-state index in [1.165, 1.54) is 11.3 Å². The predicted octanol–water partition coefficient (Wildman–Crippen LogP) is 3.20. The summed E-state index contributed by atoms with van der Waals surface area (Å²) < 4.78 is 11.1. The summed E-state index contributed by atoms with van der Waals surface area (Å²) in [4.78, 5) is 35.1. The molecule has 4 rings (SSSR count). The standard InChI is InChI=1S/C21H27N3O4S/c1-13-11-24(12-14(2)28-13)20(25)16-6-8-23(9-7-16)21(26)18-15(3)29-19(22-18)17-5-4-10-27-17/h4-5,10,13-14,16H,6-9,11-12H2,1-3H3. The monoisotopic (exact) mass is 417 g/mol. The minimum Gasteiger partial charge on any atom is -0.462 e. The normalized spacial score (nSPS) is 23.4. The lowest BCUT2D eigenvalue weighted by Crippen LogP contribution is -2.51. The molecule has 156 valence electrons. The highest BCUT2D eigenvalue weighted by Crippen LogP contribution is 2.30. The Balaban J connectivity index is 1.37. The predicted molar refractivity (Wildman–Crippen MR) is 110 cm³/mol. The number of morpholine rings is 1. The van der Waals surface area contributed by atoms with Gasteiger partial charge in [-0.25, -0.2) is 4.98 Å². The largest absolute Gasteiger partial charge is 0.462 e. The van der Waals surface area contributed by atoms with Crippen molar-refractivity contribution in [3.8, 4) is 10.8 Å². The lowest BCUT2D eigenvalue weighted by atomic mass is 9.94. The highest BCUT2D eigenvalue weighted by molar-refractivity contribution is 7.15. The molecule has 2 fully saturated rings. The van der Waals surface area contributed by atoms with Crippen LogP contribution in [0.2, 0.25) is 0 Å². The molecular formula is C21H27N3O4S. The third-order valence-electron chi connectivity index (χ3n) is 5.59. The fourth-order valence-corrected chi connectivity index (χ4v) is 5.07. The van der Waals surface area contributed by atoms with Crippen molar-refractivity contribution in [1.29, 1.82) is 0 Å². The van der Waals surface area contributed by atoms with Crippen molar-refractivity contribution in [2.24, 2.45) is 5.92 Å². The van der Waals surface area contributed by atoms with Gasteiger partial charge < -0.3 is 19.0 Å². The van der Waals surface area contributed by atoms with Gasteiger partial charge in [-0.1, -0.05) is 0 Å². The summed E-state index contributed by atoms with van der Waals surface area (Å²) in [6.45, 7) is 8.38. The second-order valence-electron chi connectivity index (χ2n) is 7.97. The van der Waals surface area contributed by atoms with Gasteiger partial charge in [-0.2, -0.15) is 0 Å². The molecule has 0 aromatic carbocycles. The number of aromatic nitrogens is 1. The van der Waals surface area contributed by atoms with Gasteiger partial charge in [-0.05, 0) is 45.7 Å². The molecule has 2 saturated heterocycles. The van der Waals surface area contributed by atoms with E-state index in [4.69, 9.17) is 9.15 Å². The molecular weight excluding hydrogens is 390 g/mol. The van der Waals surface area contributed by atoms with E-state index in [9.17, 15) is 9.59 Å². The maximum absolute atomic E-state index is 13.0. The van der Waals surface area contributed by atoms with Crippen LogP contribution >= 0.6 is 11.3 Å². The smallest absolute Gasteiger partial charge is 0.273 e. The van der Waals surface area contributed by atoms with E-state index >= 15 is 0 Å². The van der Waals surface area contributed by atoms with Crippen molar-refractivity contribution in [2.75, 3.05) is 26.2 Å². The maximum Gasteiger partial charge on any atom is 0.273 e. The molecule has 2 aromatic rings. The molecule has 0 aliphatic carbocycles. The van der Waals surface area contributed by atoms with Crippen LogP contribution in [-0.4, -0.2) is 65.0 Å². The Morgan fingerprint density at radius 1 is 1.14 bits per heavy atom. The van der Waals surface area contributed by atoms with E-state index in [-0.39, 0.29) is 29.9 Å². The van der Waals surface area contributed by atoms with Crippen LogP contribution in [0, 0.1) is 12.8 Å². The minimum atomic E-state index is -0.0592. The van der Waals surface area contributed by atoms with Gasteiger partial charge >= 0.3 is 0 Å². The molecule has 2 aliphatic heterocycles. The van der Waals surface area contributed by atoms with Gasteiger partial charge in [0.15, 0.2) is 10.8 Å². The van der Waals surface area contributed by atoms with Gasteiger partial charge in [0.1, 0.15) is 5.69 Å². The Hall–Kier alpha value is -2.19. The number of likely N-dealkylation sites (tertiary alicyclic amines) is 1. The maximum atomic E-state index is 13.0. The molecule has 2 aromatic heterocycles. The van der Waals surface area contributed by atoms with E-state index in [2.05, 4.69) is 4.98 Å². The highest BCUT2D eigenvalue weighted by atomic mass is 32.1. The number of carbonyl (C=O) groups is 2. The van der Waals surface area contributed by atoms with Crippen molar-refractivity contribution in [1.82, 2.24) is 14.8 Å². The van der Waals surface area contributed by atoms with Gasteiger partial charge in [-0.3, -0.25) is 9.59 Å². The molecule has 8 heteroatoms. The first-order valence-corrected chi connectivity index (χ1v) is 11.0. The minimum absolute atomic E-state index is 0.0215. The van der Waals surface area contributed by atoms with Crippen molar-refractivity contribution in [2.45, 2.75) is 45.8 Å². The average Bonchev–Trinajstić information content (AvgIpc) is 3.36. The van der Waals surface area contributed by atoms with Crippen molar-refractivity contribution < 1.29 is 18.7 Å². The number of hydrogen-bond acceptors (Lipinski definition) is 6. The molecule has 0 spiro atoms. The van der Waals surface area contributed by atoms with Crippen LogP contribution in [0.25, 0.3) is 10.8 Å². The molecule has 4 heterocycles. The number of amides is 2. The Morgan fingerprint density at radius 3 is 2.45 bits per heavy atom. The van der Waals surface area contributed by atoms with Crippen LogP contribution in [0.5, 0.6) is 0 Å². The van der Waals surface area contributed by atoms with Gasteiger partial charge in [0.05, 0.1) is 18.5 Å². The Bertz CT molecular complexity index is 861. The number of carbonyl (C=O) groups excluding carboxylic acids is 2. The zero-order valence-corrected chi connectivity index (χ0v) is 17.9. The molecule has 7 nitrogen and oxygen atoms in total. The van der Waals surface area contributed by atoms with Crippen LogP contribution in [0.15, 0.2) is 22.8 Å². The summed E-state index contributed by atoms with van der Waals surface area (Å²) in [5.41, 5.74) is 0.488. The summed E-state index contributed by atoms with van der Waals surface area (Å²) in [7, 11) is 0. The molecule has 2 unspecified atom stereocenters. The lowest BCUT2D eigenvalue weighted by molar-refractivity contribution is -0.148. The third-order valence-corrected chi connectivity index (χ3v) is 6.58. The van der Waals surface area contributed by atoms with E-state index < -0.39 is 0 Å². The highest BCUT2D eigenvalue weighted by Gasteiger charge is 2.34. The first-order valence-electron chi connectivity index (χ1n) is 10.2. The van der Waals surface area contributed by atoms with Gasteiger partial charge in [0, 0.05) is 37.0 Å². The van der Waals surface area contributed by atoms with Crippen LogP contribution < -0.4 is 0 Å². The molecule has 0 saturated carbocycles. The SMILES string of the molecule is Cc1sc(-c2ccco2)nc1C(=O)N1CCC(C(=O)N2CC(C)OC(C)C2)CC1. The Labute approximate surface area is 174 Å². The Kier molecular flexibility index (Phi) is 5.74. The number of piperidine rings is 1. The Morgan fingerprint density at radius 2 is 1.83 bits per heavy atom. The quantitative estimate of drug-likeness (QED) is 0.767. The molecule has 2 amide bonds. The van der Waals surface area contributed by atoms with Crippen LogP contribution in [-0.2, 0) is 9.53 Å². The number of nitrogens with zero attached hydrogens (tertiary/aromatic N) is 3. The van der Waals surface area contributed by atoms with Crippen LogP contribution in [0.1, 0.15) is 42.1 Å². The number of ether oxygens (including phenoxy) is 1. The summed E-state index contributed by atoms with van der Waals surface area (Å²) in [6, 6.07) is 3.66. The zero-order chi connectivity index (χ0) is 20.5. The second kappa shape index (κ2) is 8.28. The van der Waals surface area contributed by atoms with E-state index in [1.807, 2.05) is 42.7 Å². The summed E-state index contributed by atoms with van der Waals surface area (Å²) in [5.74, 6) is 0.794. The van der Waals surface area contributed by atoms with Crippen LogP contribution in [0.3, 0.4) is 0 Å². The second-order valence-corrected chi connectivity index (χ2v) is 9.17. The third kappa shape index (κ3) is 4.23. The number of furan rings is 1. The first-order chi connectivity index (χ1) is 13.9. The number of aryl methyl sites for hydroxylation is 1. The van der Waals surface area contributed by atoms with E-state index in [0.29, 0.717) is 50.5 Å². The fraction of sp³-hybridized carbons (Fsp3) is 0.571. The zero-order valence-electron chi connectivity index (χ0n) is 17.1. The first kappa shape index (κ1) is 20.1. The molecule has 0 radical (unpaired) electrons. The topological polar surface area (TPSA) is 75.9 Å². The van der Waals surface area contributed by atoms with Crippen molar-refractivity contribution >= 4 is 23.2 Å². The number of hydrogen-bond donors (Lipinski definition) is 0. The van der Waals surface area contributed by atoms with Crippen molar-refractivity contribution in [3.05, 3.63) is 29.0 Å². The summed E-state index contributed by atoms with van der Waals surface area (Å²) >= 11 is 1.46. The molecule has 0 N–H and O–H groups in total. The fourth-order valence-electron chi connectivity index (χ4n) is 4.20. The number of thiazole rings is 1. The van der Waals surface area contributed by atoms with Gasteiger partial charge in [0.2, 0.25) is 5.91 Å². The average molecular weight is 418 g/mol. The van der Waals surface area contributed by atoms with Gasteiger partial charge in [-0.15, -0.1) is 11.3 Å². The number of rotatable bonds is 3. The molecule has 2 aliphatic rings. The van der Waals surface area contributed by atoms with E-state index in [1.54, 1.807) is 6.26 Å². The summed E-state index contributed by atoms with van der Waals surface area (Å²) in [6.07, 6.45) is 3.13. The van der Waals surface area contributed by atoms with E-state index in [0.717, 1.165) is 9.88 Å². The van der Waals surface area contributed by atoms with Crippen molar-refractivity contribution in [3.63, 3.8) is 0 Å². The summed E-state index contributed by atoms with van der Waals surface area (Å²) in [5, 5.41) is 0.719. The molecule has 29 heavy (non-hydrogen) atoms. The van der Waals surface area contributed by atoms with Crippen LogP contribution in [0.4, 0.5) is 0 Å². The lowest BCUT2D eigenvalue weighted by Gasteiger charge is -2.39. The molecule has 2 atom stereocenters.